The summed E-state index contributed by atoms with van der Waals surface area (Å²) in [6.07, 6.45) is -3.11. The first-order valence-electron chi connectivity index (χ1n) is 7.44. The van der Waals surface area contributed by atoms with Gasteiger partial charge in [0.15, 0.2) is 0 Å². The van der Waals surface area contributed by atoms with Crippen LogP contribution in [0.5, 0.6) is 0 Å². The van der Waals surface area contributed by atoms with Gasteiger partial charge >= 0.3 is 6.18 Å². The number of nitrogens with one attached hydrogen (secondary N) is 1. The molecule has 0 saturated heterocycles. The standard InChI is InChI=1S/C19H15F3N2/c20-19(21,22)16-12-7-13-23-18(16)24-17(14-8-3-1-4-9-14)15-10-5-2-6-11-15/h1-13,17H,(H,23,24). The zero-order valence-electron chi connectivity index (χ0n) is 12.7. The zero-order valence-corrected chi connectivity index (χ0v) is 12.7. The number of rotatable bonds is 4. The molecule has 1 heterocycles. The van der Waals surface area contributed by atoms with Crippen LogP contribution in [0, 0.1) is 0 Å². The molecule has 1 N–H and O–H groups in total. The van der Waals surface area contributed by atoms with Crippen molar-refractivity contribution in [2.45, 2.75) is 12.2 Å². The Hall–Kier alpha value is -2.82. The molecule has 3 aromatic rings. The molecule has 0 aliphatic rings. The van der Waals surface area contributed by atoms with Crippen LogP contribution in [0.4, 0.5) is 19.0 Å². The summed E-state index contributed by atoms with van der Waals surface area (Å²) < 4.78 is 39.7. The van der Waals surface area contributed by atoms with E-state index >= 15 is 0 Å². The molecule has 1 aromatic heterocycles. The number of alkyl halides is 3. The van der Waals surface area contributed by atoms with Crippen molar-refractivity contribution in [1.29, 1.82) is 0 Å². The molecule has 0 aliphatic carbocycles. The highest BCUT2D eigenvalue weighted by molar-refractivity contribution is 5.50. The van der Waals surface area contributed by atoms with E-state index in [2.05, 4.69) is 10.3 Å². The molecule has 0 spiro atoms. The molecule has 0 amide bonds. The molecule has 24 heavy (non-hydrogen) atoms. The molecule has 0 radical (unpaired) electrons. The van der Waals surface area contributed by atoms with Gasteiger partial charge in [0.2, 0.25) is 0 Å². The van der Waals surface area contributed by atoms with Gasteiger partial charge in [-0.05, 0) is 23.3 Å². The second-order valence-electron chi connectivity index (χ2n) is 5.30. The quantitative estimate of drug-likeness (QED) is 0.703. The fraction of sp³-hybridized carbons (Fsp3) is 0.105. The minimum atomic E-state index is -4.46. The molecule has 122 valence electrons. The van der Waals surface area contributed by atoms with Gasteiger partial charge in [0.25, 0.3) is 0 Å². The van der Waals surface area contributed by atoms with Crippen LogP contribution < -0.4 is 5.32 Å². The first-order chi connectivity index (χ1) is 11.6. The molecular weight excluding hydrogens is 313 g/mol. The van der Waals surface area contributed by atoms with Gasteiger partial charge in [-0.2, -0.15) is 13.2 Å². The van der Waals surface area contributed by atoms with Gasteiger partial charge in [0.05, 0.1) is 11.6 Å². The van der Waals surface area contributed by atoms with Gasteiger partial charge < -0.3 is 5.32 Å². The average Bonchev–Trinajstić information content (AvgIpc) is 2.61. The number of anilines is 1. The first-order valence-corrected chi connectivity index (χ1v) is 7.44. The van der Waals surface area contributed by atoms with E-state index in [1.54, 1.807) is 0 Å². The fourth-order valence-corrected chi connectivity index (χ4v) is 2.54. The minimum Gasteiger partial charge on any atom is -0.359 e. The summed E-state index contributed by atoms with van der Waals surface area (Å²) in [4.78, 5) is 3.90. The summed E-state index contributed by atoms with van der Waals surface area (Å²) in [5.74, 6) is -0.178. The third-order valence-electron chi connectivity index (χ3n) is 3.66. The van der Waals surface area contributed by atoms with Crippen molar-refractivity contribution in [3.05, 3.63) is 95.7 Å². The molecule has 0 fully saturated rings. The van der Waals surface area contributed by atoms with E-state index in [0.717, 1.165) is 17.2 Å². The van der Waals surface area contributed by atoms with Crippen LogP contribution in [-0.4, -0.2) is 4.98 Å². The maximum absolute atomic E-state index is 13.2. The average molecular weight is 328 g/mol. The lowest BCUT2D eigenvalue weighted by Gasteiger charge is -2.22. The summed E-state index contributed by atoms with van der Waals surface area (Å²) in [5.41, 5.74) is 0.951. The van der Waals surface area contributed by atoms with Gasteiger partial charge in [-0.1, -0.05) is 60.7 Å². The van der Waals surface area contributed by atoms with E-state index in [0.29, 0.717) is 0 Å². The maximum Gasteiger partial charge on any atom is 0.419 e. The Morgan fingerprint density at radius 2 is 1.29 bits per heavy atom. The monoisotopic (exact) mass is 328 g/mol. The Morgan fingerprint density at radius 3 is 1.79 bits per heavy atom. The number of nitrogens with zero attached hydrogens (tertiary/aromatic N) is 1. The largest absolute Gasteiger partial charge is 0.419 e. The molecular formula is C19H15F3N2. The van der Waals surface area contributed by atoms with E-state index in [4.69, 9.17) is 0 Å². The molecule has 5 heteroatoms. The summed E-state index contributed by atoms with van der Waals surface area (Å²) in [6.45, 7) is 0. The van der Waals surface area contributed by atoms with Gasteiger partial charge in [-0.25, -0.2) is 4.98 Å². The predicted molar refractivity (Wildman–Crippen MR) is 87.6 cm³/mol. The van der Waals surface area contributed by atoms with Crippen LogP contribution >= 0.6 is 0 Å². The van der Waals surface area contributed by atoms with E-state index in [1.807, 2.05) is 60.7 Å². The third-order valence-corrected chi connectivity index (χ3v) is 3.66. The van der Waals surface area contributed by atoms with Gasteiger partial charge in [0.1, 0.15) is 5.82 Å². The highest BCUT2D eigenvalue weighted by atomic mass is 19.4. The van der Waals surface area contributed by atoms with E-state index in [9.17, 15) is 13.2 Å². The van der Waals surface area contributed by atoms with Crippen LogP contribution in [0.25, 0.3) is 0 Å². The van der Waals surface area contributed by atoms with Crippen LogP contribution in [0.1, 0.15) is 22.7 Å². The number of hydrogen-bond acceptors (Lipinski definition) is 2. The van der Waals surface area contributed by atoms with Crippen LogP contribution in [-0.2, 0) is 6.18 Å². The van der Waals surface area contributed by atoms with Crippen LogP contribution in [0.15, 0.2) is 79.0 Å². The Kier molecular flexibility index (Phi) is 4.51. The minimum absolute atomic E-state index is 0.178. The molecule has 0 unspecified atom stereocenters. The number of hydrogen-bond donors (Lipinski definition) is 1. The van der Waals surface area contributed by atoms with Crippen LogP contribution in [0.3, 0.4) is 0 Å². The molecule has 0 atom stereocenters. The normalized spacial score (nSPS) is 11.5. The Bertz CT molecular complexity index is 747. The van der Waals surface area contributed by atoms with Crippen molar-refractivity contribution in [3.8, 4) is 0 Å². The Morgan fingerprint density at radius 1 is 0.750 bits per heavy atom. The van der Waals surface area contributed by atoms with Gasteiger partial charge in [0, 0.05) is 6.20 Å². The fourth-order valence-electron chi connectivity index (χ4n) is 2.54. The second kappa shape index (κ2) is 6.74. The summed E-state index contributed by atoms with van der Waals surface area (Å²) in [5, 5.41) is 2.96. The van der Waals surface area contributed by atoms with Crippen molar-refractivity contribution >= 4 is 5.82 Å². The lowest BCUT2D eigenvalue weighted by Crippen LogP contribution is -2.17. The van der Waals surface area contributed by atoms with Crippen molar-refractivity contribution in [3.63, 3.8) is 0 Å². The van der Waals surface area contributed by atoms with Crippen molar-refractivity contribution in [2.75, 3.05) is 5.32 Å². The third kappa shape index (κ3) is 3.56. The molecule has 0 bridgehead atoms. The van der Waals surface area contributed by atoms with E-state index in [1.165, 1.54) is 12.3 Å². The SMILES string of the molecule is FC(F)(F)c1cccnc1NC(c1ccccc1)c1ccccc1. The summed E-state index contributed by atoms with van der Waals surface area (Å²) in [7, 11) is 0. The lowest BCUT2D eigenvalue weighted by molar-refractivity contribution is -0.137. The number of halogens is 3. The highest BCUT2D eigenvalue weighted by Crippen LogP contribution is 2.36. The van der Waals surface area contributed by atoms with E-state index < -0.39 is 17.8 Å². The van der Waals surface area contributed by atoms with Crippen molar-refractivity contribution in [2.24, 2.45) is 0 Å². The van der Waals surface area contributed by atoms with Crippen molar-refractivity contribution in [1.82, 2.24) is 4.98 Å². The molecule has 0 saturated carbocycles. The Labute approximate surface area is 138 Å². The van der Waals surface area contributed by atoms with Gasteiger partial charge in [-0.3, -0.25) is 0 Å². The van der Waals surface area contributed by atoms with Crippen molar-refractivity contribution < 1.29 is 13.2 Å². The van der Waals surface area contributed by atoms with Gasteiger partial charge in [-0.15, -0.1) is 0 Å². The lowest BCUT2D eigenvalue weighted by atomic mass is 9.98. The number of aromatic nitrogens is 1. The second-order valence-corrected chi connectivity index (χ2v) is 5.30. The summed E-state index contributed by atoms with van der Waals surface area (Å²) >= 11 is 0. The maximum atomic E-state index is 13.2. The first kappa shape index (κ1) is 16.1. The summed E-state index contributed by atoms with van der Waals surface area (Å²) in [6, 6.07) is 20.6. The van der Waals surface area contributed by atoms with Crippen LogP contribution in [0.2, 0.25) is 0 Å². The van der Waals surface area contributed by atoms with E-state index in [-0.39, 0.29) is 5.82 Å². The predicted octanol–water partition coefficient (Wildman–Crippen LogP) is 5.30. The number of benzene rings is 2. The topological polar surface area (TPSA) is 24.9 Å². The number of pyridine rings is 1. The zero-order chi connectivity index (χ0) is 17.0. The smallest absolute Gasteiger partial charge is 0.359 e. The molecule has 2 nitrogen and oxygen atoms in total. The Balaban J connectivity index is 2.03. The highest BCUT2D eigenvalue weighted by Gasteiger charge is 2.34. The molecule has 3 rings (SSSR count). The molecule has 2 aromatic carbocycles. The molecule has 0 aliphatic heterocycles.